The number of aryl methyl sites for hydroxylation is 1. The molecule has 0 amide bonds. The number of nitrogens with two attached hydrogens (primary N) is 1. The maximum atomic E-state index is 12.7. The summed E-state index contributed by atoms with van der Waals surface area (Å²) < 4.78 is 35.6. The Labute approximate surface area is 124 Å². The van der Waals surface area contributed by atoms with Gasteiger partial charge in [-0.05, 0) is 42.8 Å². The molecule has 6 heteroatoms. The van der Waals surface area contributed by atoms with Crippen LogP contribution in [-0.2, 0) is 9.84 Å². The van der Waals surface area contributed by atoms with Crippen LogP contribution in [0.15, 0.2) is 46.2 Å². The fourth-order valence-corrected chi connectivity index (χ4v) is 3.28. The first kappa shape index (κ1) is 15.2. The van der Waals surface area contributed by atoms with Gasteiger partial charge in [0.05, 0.1) is 24.0 Å². The summed E-state index contributed by atoms with van der Waals surface area (Å²) in [5.74, 6) is 0.834. The van der Waals surface area contributed by atoms with E-state index in [9.17, 15) is 8.42 Å². The Morgan fingerprint density at radius 3 is 1.95 bits per heavy atom. The van der Waals surface area contributed by atoms with Crippen molar-refractivity contribution in [3.05, 3.63) is 42.0 Å². The molecular weight excluding hydrogens is 290 g/mol. The second-order valence-electron chi connectivity index (χ2n) is 4.57. The molecule has 0 bridgehead atoms. The molecule has 0 unspecified atom stereocenters. The van der Waals surface area contributed by atoms with Gasteiger partial charge in [0, 0.05) is 11.8 Å². The van der Waals surface area contributed by atoms with E-state index in [1.54, 1.807) is 25.1 Å². The smallest absolute Gasteiger partial charge is 0.206 e. The molecule has 0 fully saturated rings. The molecule has 0 saturated carbocycles. The monoisotopic (exact) mass is 307 g/mol. The van der Waals surface area contributed by atoms with Crippen molar-refractivity contribution in [1.29, 1.82) is 0 Å². The van der Waals surface area contributed by atoms with Crippen molar-refractivity contribution in [3.8, 4) is 11.5 Å². The van der Waals surface area contributed by atoms with Gasteiger partial charge in [-0.15, -0.1) is 0 Å². The Morgan fingerprint density at radius 1 is 0.905 bits per heavy atom. The van der Waals surface area contributed by atoms with E-state index >= 15 is 0 Å². The average Bonchev–Trinajstić information content (AvgIpc) is 2.49. The van der Waals surface area contributed by atoms with Crippen LogP contribution in [-0.4, -0.2) is 22.6 Å². The Balaban J connectivity index is 2.60. The summed E-state index contributed by atoms with van der Waals surface area (Å²) in [7, 11) is -0.717. The molecule has 0 radical (unpaired) electrons. The Morgan fingerprint density at radius 2 is 1.48 bits per heavy atom. The molecule has 5 nitrogen and oxygen atoms in total. The van der Waals surface area contributed by atoms with Crippen molar-refractivity contribution in [3.63, 3.8) is 0 Å². The van der Waals surface area contributed by atoms with Gasteiger partial charge in [0.1, 0.15) is 11.5 Å². The number of hydrogen-bond donors (Lipinski definition) is 1. The predicted molar refractivity (Wildman–Crippen MR) is 80.6 cm³/mol. The van der Waals surface area contributed by atoms with Crippen LogP contribution in [0.5, 0.6) is 11.5 Å². The first-order chi connectivity index (χ1) is 9.88. The number of rotatable bonds is 4. The molecule has 0 aliphatic heterocycles. The summed E-state index contributed by atoms with van der Waals surface area (Å²) in [4.78, 5) is 0.298. The van der Waals surface area contributed by atoms with Gasteiger partial charge in [-0.2, -0.15) is 0 Å². The SMILES string of the molecule is COc1cc(OC)cc(S(=O)(=O)c2ccc(N)c(C)c2)c1. The van der Waals surface area contributed by atoms with Gasteiger partial charge in [0.2, 0.25) is 9.84 Å². The first-order valence-electron chi connectivity index (χ1n) is 6.23. The number of hydrogen-bond acceptors (Lipinski definition) is 5. The highest BCUT2D eigenvalue weighted by atomic mass is 32.2. The minimum Gasteiger partial charge on any atom is -0.497 e. The van der Waals surface area contributed by atoms with Crippen molar-refractivity contribution in [2.75, 3.05) is 20.0 Å². The zero-order valence-corrected chi connectivity index (χ0v) is 12.9. The van der Waals surface area contributed by atoms with Crippen LogP contribution >= 0.6 is 0 Å². The van der Waals surface area contributed by atoms with Gasteiger partial charge in [-0.25, -0.2) is 8.42 Å². The molecule has 0 heterocycles. The fraction of sp³-hybridized carbons (Fsp3) is 0.200. The molecule has 0 atom stereocenters. The summed E-state index contributed by atoms with van der Waals surface area (Å²) in [6.07, 6.45) is 0. The first-order valence-corrected chi connectivity index (χ1v) is 7.71. The summed E-state index contributed by atoms with van der Waals surface area (Å²) in [6.45, 7) is 1.76. The molecule has 0 aliphatic carbocycles. The zero-order chi connectivity index (χ0) is 15.6. The average molecular weight is 307 g/mol. The number of benzene rings is 2. The van der Waals surface area contributed by atoms with Crippen molar-refractivity contribution in [2.45, 2.75) is 16.7 Å². The molecule has 0 spiro atoms. The van der Waals surface area contributed by atoms with Gasteiger partial charge >= 0.3 is 0 Å². The minimum absolute atomic E-state index is 0.114. The van der Waals surface area contributed by atoms with E-state index in [0.717, 1.165) is 0 Å². The predicted octanol–water partition coefficient (Wildman–Crippen LogP) is 2.43. The highest BCUT2D eigenvalue weighted by Gasteiger charge is 2.20. The maximum Gasteiger partial charge on any atom is 0.206 e. The minimum atomic E-state index is -3.66. The summed E-state index contributed by atoms with van der Waals surface area (Å²) in [5, 5.41) is 0. The van der Waals surface area contributed by atoms with Gasteiger partial charge in [-0.1, -0.05) is 0 Å². The standard InChI is InChI=1S/C15H17NO4S/c1-10-6-13(4-5-15(10)16)21(17,18)14-8-11(19-2)7-12(9-14)20-3/h4-9H,16H2,1-3H3. The summed E-state index contributed by atoms with van der Waals surface area (Å²) >= 11 is 0. The van der Waals surface area contributed by atoms with E-state index in [1.165, 1.54) is 32.4 Å². The molecule has 0 aliphatic rings. The highest BCUT2D eigenvalue weighted by molar-refractivity contribution is 7.91. The molecule has 0 aromatic heterocycles. The number of ether oxygens (including phenoxy) is 2. The van der Waals surface area contributed by atoms with Crippen molar-refractivity contribution >= 4 is 15.5 Å². The van der Waals surface area contributed by atoms with Gasteiger partial charge in [-0.3, -0.25) is 0 Å². The van der Waals surface area contributed by atoms with E-state index in [1.807, 2.05) is 0 Å². The second kappa shape index (κ2) is 5.65. The van der Waals surface area contributed by atoms with Crippen molar-refractivity contribution in [2.24, 2.45) is 0 Å². The van der Waals surface area contributed by atoms with Gasteiger partial charge < -0.3 is 15.2 Å². The summed E-state index contributed by atoms with van der Waals surface area (Å²) in [6, 6.07) is 9.17. The lowest BCUT2D eigenvalue weighted by atomic mass is 10.2. The van der Waals surface area contributed by atoms with Crippen molar-refractivity contribution < 1.29 is 17.9 Å². The number of nitrogen functional groups attached to an aromatic ring is 1. The number of methoxy groups -OCH3 is 2. The molecule has 2 aromatic carbocycles. The quantitative estimate of drug-likeness (QED) is 0.878. The Kier molecular flexibility index (Phi) is 4.09. The number of anilines is 1. The maximum absolute atomic E-state index is 12.7. The summed E-state index contributed by atoms with van der Waals surface area (Å²) in [5.41, 5.74) is 6.99. The number of sulfone groups is 1. The second-order valence-corrected chi connectivity index (χ2v) is 6.52. The van der Waals surface area contributed by atoms with E-state index < -0.39 is 9.84 Å². The lowest BCUT2D eigenvalue weighted by Crippen LogP contribution is -2.04. The van der Waals surface area contributed by atoms with E-state index in [0.29, 0.717) is 22.7 Å². The van der Waals surface area contributed by atoms with Crippen LogP contribution in [0, 0.1) is 6.92 Å². The van der Waals surface area contributed by atoms with E-state index in [2.05, 4.69) is 0 Å². The van der Waals surface area contributed by atoms with E-state index in [4.69, 9.17) is 15.2 Å². The molecule has 21 heavy (non-hydrogen) atoms. The van der Waals surface area contributed by atoms with Crippen LogP contribution in [0.2, 0.25) is 0 Å². The van der Waals surface area contributed by atoms with Crippen LogP contribution in [0.4, 0.5) is 5.69 Å². The van der Waals surface area contributed by atoms with Crippen LogP contribution < -0.4 is 15.2 Å². The molecule has 2 aromatic rings. The molecule has 2 N–H and O–H groups in total. The largest absolute Gasteiger partial charge is 0.497 e. The van der Waals surface area contributed by atoms with Gasteiger partial charge in [0.15, 0.2) is 0 Å². The Bertz CT molecular complexity index is 747. The van der Waals surface area contributed by atoms with Crippen LogP contribution in [0.3, 0.4) is 0 Å². The molecule has 2 rings (SSSR count). The van der Waals surface area contributed by atoms with Crippen LogP contribution in [0.1, 0.15) is 5.56 Å². The lowest BCUT2D eigenvalue weighted by molar-refractivity contribution is 0.392. The fourth-order valence-electron chi connectivity index (χ4n) is 1.89. The third-order valence-corrected chi connectivity index (χ3v) is 4.92. The molecule has 112 valence electrons. The van der Waals surface area contributed by atoms with Gasteiger partial charge in [0.25, 0.3) is 0 Å². The molecule has 0 saturated heterocycles. The third-order valence-electron chi connectivity index (χ3n) is 3.19. The van der Waals surface area contributed by atoms with Crippen LogP contribution in [0.25, 0.3) is 0 Å². The topological polar surface area (TPSA) is 78.6 Å². The highest BCUT2D eigenvalue weighted by Crippen LogP contribution is 2.30. The normalized spacial score (nSPS) is 11.2. The lowest BCUT2D eigenvalue weighted by Gasteiger charge is -2.10. The third kappa shape index (κ3) is 2.95. The van der Waals surface area contributed by atoms with Crippen molar-refractivity contribution in [1.82, 2.24) is 0 Å². The molecular formula is C15H17NO4S. The van der Waals surface area contributed by atoms with E-state index in [-0.39, 0.29) is 9.79 Å². The Hall–Kier alpha value is -2.21. The zero-order valence-electron chi connectivity index (χ0n) is 12.1.